The molecule has 1 fully saturated rings. The van der Waals surface area contributed by atoms with Crippen LogP contribution < -0.4 is 5.73 Å². The van der Waals surface area contributed by atoms with Gasteiger partial charge in [-0.25, -0.2) is 4.98 Å². The number of halogens is 1. The van der Waals surface area contributed by atoms with Crippen LogP contribution in [0.1, 0.15) is 5.69 Å². The molecule has 1 aliphatic rings. The molecule has 0 amide bonds. The number of nitrogen functional groups attached to an aromatic ring is 1. The van der Waals surface area contributed by atoms with E-state index in [2.05, 4.69) is 43.0 Å². The first kappa shape index (κ1) is 17.9. The van der Waals surface area contributed by atoms with Crippen molar-refractivity contribution in [3.8, 4) is 11.1 Å². The van der Waals surface area contributed by atoms with E-state index in [9.17, 15) is 0 Å². The number of pyridine rings is 1. The van der Waals surface area contributed by atoms with Crippen molar-refractivity contribution in [2.75, 3.05) is 30.3 Å². The Hall–Kier alpha value is -2.16. The van der Waals surface area contributed by atoms with Gasteiger partial charge in [0, 0.05) is 53.8 Å². The molecule has 4 aromatic rings. The normalized spacial score (nSPS) is 15.5. The standard InChI is InChI=1S/C20H19BrN6S/c21-18-17(12-26-5-7-28-8-6-26)25-20-15(11-24-27(20)19(18)22)14-9-13-3-1-2-4-16(13)23-10-14/h1-4,9-11H,5-8,12,22H2. The first-order chi connectivity index (χ1) is 13.7. The molecular weight excluding hydrogens is 436 g/mol. The van der Waals surface area contributed by atoms with Crippen LogP contribution in [0.2, 0.25) is 0 Å². The highest BCUT2D eigenvalue weighted by Gasteiger charge is 2.19. The Morgan fingerprint density at radius 2 is 1.96 bits per heavy atom. The summed E-state index contributed by atoms with van der Waals surface area (Å²) >= 11 is 5.64. The molecule has 1 aliphatic heterocycles. The molecular formula is C20H19BrN6S. The van der Waals surface area contributed by atoms with E-state index in [0.29, 0.717) is 5.82 Å². The molecule has 3 aromatic heterocycles. The Labute approximate surface area is 175 Å². The van der Waals surface area contributed by atoms with Crippen molar-refractivity contribution in [3.05, 3.63) is 52.9 Å². The van der Waals surface area contributed by atoms with Crippen molar-refractivity contribution < 1.29 is 0 Å². The van der Waals surface area contributed by atoms with E-state index in [-0.39, 0.29) is 0 Å². The van der Waals surface area contributed by atoms with Crippen LogP contribution in [-0.4, -0.2) is 49.1 Å². The van der Waals surface area contributed by atoms with Gasteiger partial charge in [-0.3, -0.25) is 9.88 Å². The van der Waals surface area contributed by atoms with Crippen LogP contribution in [0, 0.1) is 0 Å². The van der Waals surface area contributed by atoms with Crippen LogP contribution in [0.5, 0.6) is 0 Å². The lowest BCUT2D eigenvalue weighted by atomic mass is 10.1. The minimum absolute atomic E-state index is 0.575. The first-order valence-corrected chi connectivity index (χ1v) is 11.1. The van der Waals surface area contributed by atoms with E-state index in [4.69, 9.17) is 10.7 Å². The third kappa shape index (κ3) is 3.15. The third-order valence-corrected chi connectivity index (χ3v) is 6.88. The SMILES string of the molecule is Nc1c(Br)c(CN2CCSCC2)nc2c(-c3cnc4ccccc4c3)cnn12. The van der Waals surface area contributed by atoms with Crippen molar-refractivity contribution >= 4 is 50.1 Å². The summed E-state index contributed by atoms with van der Waals surface area (Å²) in [5.41, 5.74) is 11.0. The second-order valence-corrected chi connectivity index (χ2v) is 8.87. The Morgan fingerprint density at radius 1 is 1.14 bits per heavy atom. The lowest BCUT2D eigenvalue weighted by Gasteiger charge is -2.26. The van der Waals surface area contributed by atoms with Crippen molar-refractivity contribution in [2.45, 2.75) is 6.54 Å². The molecule has 0 bridgehead atoms. The Bertz CT molecular complexity index is 1170. The van der Waals surface area contributed by atoms with E-state index in [1.165, 1.54) is 0 Å². The second kappa shape index (κ2) is 7.35. The number of benzene rings is 1. The van der Waals surface area contributed by atoms with Crippen LogP contribution in [-0.2, 0) is 6.54 Å². The third-order valence-electron chi connectivity index (χ3n) is 5.07. The van der Waals surface area contributed by atoms with Crippen LogP contribution in [0.25, 0.3) is 27.7 Å². The zero-order chi connectivity index (χ0) is 19.1. The van der Waals surface area contributed by atoms with Gasteiger partial charge in [0.25, 0.3) is 0 Å². The maximum atomic E-state index is 6.38. The predicted molar refractivity (Wildman–Crippen MR) is 118 cm³/mol. The van der Waals surface area contributed by atoms with E-state index < -0.39 is 0 Å². The fourth-order valence-electron chi connectivity index (χ4n) is 3.54. The number of aromatic nitrogens is 4. The zero-order valence-electron chi connectivity index (χ0n) is 15.2. The maximum absolute atomic E-state index is 6.38. The summed E-state index contributed by atoms with van der Waals surface area (Å²) in [6.45, 7) is 2.93. The second-order valence-electron chi connectivity index (χ2n) is 6.86. The average Bonchev–Trinajstić information content (AvgIpc) is 3.16. The Morgan fingerprint density at radius 3 is 2.82 bits per heavy atom. The molecule has 6 nitrogen and oxygen atoms in total. The monoisotopic (exact) mass is 454 g/mol. The van der Waals surface area contributed by atoms with Crippen LogP contribution in [0.3, 0.4) is 0 Å². The van der Waals surface area contributed by atoms with Gasteiger partial charge < -0.3 is 5.73 Å². The minimum Gasteiger partial charge on any atom is -0.383 e. The van der Waals surface area contributed by atoms with E-state index in [1.807, 2.05) is 42.4 Å². The highest BCUT2D eigenvalue weighted by molar-refractivity contribution is 9.10. The van der Waals surface area contributed by atoms with Crippen molar-refractivity contribution in [2.24, 2.45) is 0 Å². The molecule has 5 rings (SSSR count). The molecule has 2 N–H and O–H groups in total. The minimum atomic E-state index is 0.575. The molecule has 0 atom stereocenters. The molecule has 1 aromatic carbocycles. The summed E-state index contributed by atoms with van der Waals surface area (Å²) in [5, 5.41) is 5.57. The molecule has 142 valence electrons. The lowest BCUT2D eigenvalue weighted by Crippen LogP contribution is -2.32. The predicted octanol–water partition coefficient (Wildman–Crippen LogP) is 3.84. The zero-order valence-corrected chi connectivity index (χ0v) is 17.6. The topological polar surface area (TPSA) is 72.3 Å². The smallest absolute Gasteiger partial charge is 0.165 e. The summed E-state index contributed by atoms with van der Waals surface area (Å²) in [4.78, 5) is 12.0. The fraction of sp³-hybridized carbons (Fsp3) is 0.250. The summed E-state index contributed by atoms with van der Waals surface area (Å²) in [7, 11) is 0. The van der Waals surface area contributed by atoms with Gasteiger partial charge in [0.15, 0.2) is 5.65 Å². The molecule has 4 heterocycles. The van der Waals surface area contributed by atoms with Gasteiger partial charge in [0.05, 0.1) is 21.9 Å². The molecule has 0 radical (unpaired) electrons. The Kier molecular flexibility index (Phi) is 4.70. The largest absolute Gasteiger partial charge is 0.383 e. The highest BCUT2D eigenvalue weighted by atomic mass is 79.9. The van der Waals surface area contributed by atoms with Gasteiger partial charge in [-0.15, -0.1) is 0 Å². The number of nitrogens with zero attached hydrogens (tertiary/aromatic N) is 5. The number of nitrogens with two attached hydrogens (primary N) is 1. The summed E-state index contributed by atoms with van der Waals surface area (Å²) in [5.74, 6) is 2.90. The highest BCUT2D eigenvalue weighted by Crippen LogP contribution is 2.31. The van der Waals surface area contributed by atoms with Gasteiger partial charge in [-0.05, 0) is 28.1 Å². The van der Waals surface area contributed by atoms with E-state index in [0.717, 1.165) is 69.0 Å². The van der Waals surface area contributed by atoms with Gasteiger partial charge in [0.1, 0.15) is 5.82 Å². The quantitative estimate of drug-likeness (QED) is 0.506. The van der Waals surface area contributed by atoms with Crippen LogP contribution >= 0.6 is 27.7 Å². The van der Waals surface area contributed by atoms with Crippen molar-refractivity contribution in [1.82, 2.24) is 24.5 Å². The number of hydrogen-bond acceptors (Lipinski definition) is 6. The first-order valence-electron chi connectivity index (χ1n) is 9.17. The van der Waals surface area contributed by atoms with Gasteiger partial charge in [0.2, 0.25) is 0 Å². The summed E-state index contributed by atoms with van der Waals surface area (Å²) < 4.78 is 2.52. The van der Waals surface area contributed by atoms with E-state index >= 15 is 0 Å². The lowest BCUT2D eigenvalue weighted by molar-refractivity contribution is 0.290. The Balaban J connectivity index is 1.61. The number of anilines is 1. The molecule has 0 aliphatic carbocycles. The summed E-state index contributed by atoms with van der Waals surface area (Å²) in [6, 6.07) is 10.2. The maximum Gasteiger partial charge on any atom is 0.165 e. The van der Waals surface area contributed by atoms with E-state index in [1.54, 1.807) is 4.52 Å². The number of hydrogen-bond donors (Lipinski definition) is 1. The van der Waals surface area contributed by atoms with Gasteiger partial charge in [-0.2, -0.15) is 21.4 Å². The van der Waals surface area contributed by atoms with Crippen molar-refractivity contribution in [1.29, 1.82) is 0 Å². The van der Waals surface area contributed by atoms with Gasteiger partial charge in [-0.1, -0.05) is 18.2 Å². The number of rotatable bonds is 3. The summed E-state index contributed by atoms with van der Waals surface area (Å²) in [6.07, 6.45) is 3.69. The molecule has 1 saturated heterocycles. The fourth-order valence-corrected chi connectivity index (χ4v) is 4.90. The van der Waals surface area contributed by atoms with Gasteiger partial charge >= 0.3 is 0 Å². The number of para-hydroxylation sites is 1. The number of fused-ring (bicyclic) bond motifs is 2. The average molecular weight is 455 g/mol. The van der Waals surface area contributed by atoms with Crippen LogP contribution in [0.4, 0.5) is 5.82 Å². The van der Waals surface area contributed by atoms with Crippen LogP contribution in [0.15, 0.2) is 47.2 Å². The molecule has 0 saturated carbocycles. The molecule has 8 heteroatoms. The van der Waals surface area contributed by atoms with Crippen molar-refractivity contribution in [3.63, 3.8) is 0 Å². The molecule has 0 unspecified atom stereocenters. The number of thioether (sulfide) groups is 1. The molecule has 28 heavy (non-hydrogen) atoms. The molecule has 0 spiro atoms.